The molecular formula is C23H24N2O3. The zero-order valence-corrected chi connectivity index (χ0v) is 16.5. The average molecular weight is 376 g/mol. The van der Waals surface area contributed by atoms with Crippen molar-refractivity contribution in [2.45, 2.75) is 39.7 Å². The molecule has 0 aliphatic carbocycles. The number of nitrogens with one attached hydrogen (secondary N) is 1. The summed E-state index contributed by atoms with van der Waals surface area (Å²) in [5.41, 5.74) is 3.41. The van der Waals surface area contributed by atoms with Gasteiger partial charge in [0.1, 0.15) is 11.6 Å². The molecule has 5 nitrogen and oxygen atoms in total. The first-order valence-corrected chi connectivity index (χ1v) is 9.10. The second kappa shape index (κ2) is 9.52. The van der Waals surface area contributed by atoms with Gasteiger partial charge in [-0.1, -0.05) is 55.8 Å². The molecule has 0 aliphatic rings. The average Bonchev–Trinajstić information content (AvgIpc) is 2.68. The van der Waals surface area contributed by atoms with Crippen molar-refractivity contribution in [1.82, 2.24) is 0 Å². The molecule has 0 fully saturated rings. The van der Waals surface area contributed by atoms with Gasteiger partial charge in [-0.2, -0.15) is 5.26 Å². The minimum absolute atomic E-state index is 0.160. The lowest BCUT2D eigenvalue weighted by molar-refractivity contribution is -0.148. The van der Waals surface area contributed by atoms with Crippen LogP contribution < -0.4 is 5.32 Å². The number of amides is 1. The molecule has 5 heteroatoms. The van der Waals surface area contributed by atoms with Crippen LogP contribution in [-0.2, 0) is 14.3 Å². The van der Waals surface area contributed by atoms with Gasteiger partial charge in [0.05, 0.1) is 0 Å². The predicted molar refractivity (Wildman–Crippen MR) is 109 cm³/mol. The highest BCUT2D eigenvalue weighted by molar-refractivity contribution is 6.01. The van der Waals surface area contributed by atoms with E-state index in [4.69, 9.17) is 4.74 Å². The number of rotatable bonds is 6. The fourth-order valence-corrected chi connectivity index (χ4v) is 2.44. The van der Waals surface area contributed by atoms with E-state index in [-0.39, 0.29) is 5.57 Å². The number of nitrogens with zero attached hydrogens (tertiary/aromatic N) is 1. The molecule has 2 rings (SSSR count). The Hall–Kier alpha value is -3.39. The summed E-state index contributed by atoms with van der Waals surface area (Å²) < 4.78 is 5.15. The van der Waals surface area contributed by atoms with E-state index < -0.39 is 18.0 Å². The van der Waals surface area contributed by atoms with Crippen molar-refractivity contribution < 1.29 is 14.3 Å². The number of nitriles is 1. The molecule has 0 bridgehead atoms. The fourth-order valence-electron chi connectivity index (χ4n) is 2.44. The Balaban J connectivity index is 2.02. The van der Waals surface area contributed by atoms with E-state index in [1.165, 1.54) is 18.6 Å². The highest BCUT2D eigenvalue weighted by Crippen LogP contribution is 2.17. The first kappa shape index (κ1) is 20.9. The molecule has 0 heterocycles. The van der Waals surface area contributed by atoms with E-state index in [2.05, 4.69) is 19.2 Å². The van der Waals surface area contributed by atoms with Gasteiger partial charge in [-0.15, -0.1) is 0 Å². The van der Waals surface area contributed by atoms with Crippen molar-refractivity contribution >= 4 is 23.6 Å². The highest BCUT2D eigenvalue weighted by atomic mass is 16.5. The van der Waals surface area contributed by atoms with Crippen molar-refractivity contribution in [1.29, 1.82) is 5.26 Å². The van der Waals surface area contributed by atoms with Crippen LogP contribution in [0.1, 0.15) is 43.4 Å². The molecule has 2 aromatic carbocycles. The zero-order valence-electron chi connectivity index (χ0n) is 16.5. The van der Waals surface area contributed by atoms with Crippen molar-refractivity contribution in [2.75, 3.05) is 5.32 Å². The molecule has 2 aromatic rings. The third-order valence-corrected chi connectivity index (χ3v) is 4.23. The second-order valence-electron chi connectivity index (χ2n) is 6.89. The fraction of sp³-hybridized carbons (Fsp3) is 0.261. The topological polar surface area (TPSA) is 79.2 Å². The standard InChI is InChI=1S/C23H24N2O3/c1-15(2)19-9-7-18(8-10-19)13-20(14-24)23(27)28-17(4)22(26)25-21-11-5-16(3)6-12-21/h5-13,15,17H,1-4H3,(H,25,26)/b20-13+/t17-/m0/s1. The molecule has 0 spiro atoms. The van der Waals surface area contributed by atoms with E-state index in [0.717, 1.165) is 11.1 Å². The Morgan fingerprint density at radius 2 is 1.64 bits per heavy atom. The number of carbonyl (C=O) groups excluding carboxylic acids is 2. The molecule has 1 N–H and O–H groups in total. The Morgan fingerprint density at radius 1 is 1.04 bits per heavy atom. The van der Waals surface area contributed by atoms with Crippen LogP contribution in [0.4, 0.5) is 5.69 Å². The summed E-state index contributed by atoms with van der Waals surface area (Å²) in [5.74, 6) is -0.899. The van der Waals surface area contributed by atoms with Crippen molar-refractivity contribution in [3.05, 3.63) is 70.8 Å². The summed E-state index contributed by atoms with van der Waals surface area (Å²) in [5, 5.41) is 12.0. The van der Waals surface area contributed by atoms with Gasteiger partial charge in [-0.25, -0.2) is 4.79 Å². The zero-order chi connectivity index (χ0) is 20.7. The maximum atomic E-state index is 12.3. The summed E-state index contributed by atoms with van der Waals surface area (Å²) >= 11 is 0. The monoisotopic (exact) mass is 376 g/mol. The van der Waals surface area contributed by atoms with Crippen molar-refractivity contribution in [3.63, 3.8) is 0 Å². The normalized spacial score (nSPS) is 12.2. The SMILES string of the molecule is Cc1ccc(NC(=O)[C@H](C)OC(=O)/C(C#N)=C/c2ccc(C(C)C)cc2)cc1. The maximum Gasteiger partial charge on any atom is 0.349 e. The second-order valence-corrected chi connectivity index (χ2v) is 6.89. The van der Waals surface area contributed by atoms with E-state index in [1.807, 2.05) is 49.4 Å². The summed E-state index contributed by atoms with van der Waals surface area (Å²) in [6.07, 6.45) is 0.422. The molecule has 0 saturated heterocycles. The number of carbonyl (C=O) groups is 2. The van der Waals surface area contributed by atoms with Crippen LogP contribution in [0.2, 0.25) is 0 Å². The van der Waals surface area contributed by atoms with E-state index in [9.17, 15) is 14.9 Å². The lowest BCUT2D eigenvalue weighted by Gasteiger charge is -2.13. The first-order chi connectivity index (χ1) is 13.3. The number of benzene rings is 2. The van der Waals surface area contributed by atoms with Crippen molar-refractivity contribution in [2.24, 2.45) is 0 Å². The third kappa shape index (κ3) is 5.82. The van der Waals surface area contributed by atoms with Gasteiger partial charge >= 0.3 is 5.97 Å². The van der Waals surface area contributed by atoms with Gasteiger partial charge in [0.25, 0.3) is 5.91 Å². The molecule has 0 unspecified atom stereocenters. The van der Waals surface area contributed by atoms with Gasteiger partial charge in [-0.05, 0) is 49.1 Å². The van der Waals surface area contributed by atoms with Crippen LogP contribution in [0.5, 0.6) is 0 Å². The molecule has 0 radical (unpaired) electrons. The lowest BCUT2D eigenvalue weighted by Crippen LogP contribution is -2.30. The Kier molecular flexibility index (Phi) is 7.11. The van der Waals surface area contributed by atoms with Crippen LogP contribution in [0.3, 0.4) is 0 Å². The molecule has 0 aromatic heterocycles. The largest absolute Gasteiger partial charge is 0.448 e. The molecule has 1 atom stereocenters. The van der Waals surface area contributed by atoms with Gasteiger partial charge in [0, 0.05) is 5.69 Å². The summed E-state index contributed by atoms with van der Waals surface area (Å²) in [6.45, 7) is 7.59. The molecule has 1 amide bonds. The Bertz CT molecular complexity index is 904. The molecule has 0 saturated carbocycles. The van der Waals surface area contributed by atoms with Gasteiger partial charge < -0.3 is 10.1 Å². The third-order valence-electron chi connectivity index (χ3n) is 4.23. The molecule has 144 valence electrons. The summed E-state index contributed by atoms with van der Waals surface area (Å²) in [7, 11) is 0. The molecule has 28 heavy (non-hydrogen) atoms. The smallest absolute Gasteiger partial charge is 0.349 e. The van der Waals surface area contributed by atoms with Crippen LogP contribution >= 0.6 is 0 Å². The van der Waals surface area contributed by atoms with Gasteiger partial charge in [0.15, 0.2) is 6.10 Å². The number of aryl methyl sites for hydroxylation is 1. The number of anilines is 1. The minimum atomic E-state index is -1.03. The number of hydrogen-bond donors (Lipinski definition) is 1. The van der Waals surface area contributed by atoms with Gasteiger partial charge in [-0.3, -0.25) is 4.79 Å². The summed E-state index contributed by atoms with van der Waals surface area (Å²) in [6, 6.07) is 16.7. The molecule has 0 aliphatic heterocycles. The summed E-state index contributed by atoms with van der Waals surface area (Å²) in [4.78, 5) is 24.5. The Morgan fingerprint density at radius 3 is 2.18 bits per heavy atom. The number of esters is 1. The Labute approximate surface area is 165 Å². The highest BCUT2D eigenvalue weighted by Gasteiger charge is 2.20. The van der Waals surface area contributed by atoms with Crippen LogP contribution in [0.25, 0.3) is 6.08 Å². The van der Waals surface area contributed by atoms with Gasteiger partial charge in [0.2, 0.25) is 0 Å². The van der Waals surface area contributed by atoms with E-state index in [0.29, 0.717) is 11.6 Å². The lowest BCUT2D eigenvalue weighted by atomic mass is 10.0. The maximum absolute atomic E-state index is 12.3. The number of hydrogen-bond acceptors (Lipinski definition) is 4. The van der Waals surface area contributed by atoms with E-state index in [1.54, 1.807) is 12.1 Å². The van der Waals surface area contributed by atoms with Crippen molar-refractivity contribution in [3.8, 4) is 6.07 Å². The van der Waals surface area contributed by atoms with E-state index >= 15 is 0 Å². The quantitative estimate of drug-likeness (QED) is 0.454. The van der Waals surface area contributed by atoms with Crippen LogP contribution in [-0.4, -0.2) is 18.0 Å². The predicted octanol–water partition coefficient (Wildman–Crippen LogP) is 4.60. The number of ether oxygens (including phenoxy) is 1. The minimum Gasteiger partial charge on any atom is -0.448 e. The first-order valence-electron chi connectivity index (χ1n) is 9.10. The van der Waals surface area contributed by atoms with Crippen LogP contribution in [0.15, 0.2) is 54.1 Å². The van der Waals surface area contributed by atoms with Crippen LogP contribution in [0, 0.1) is 18.3 Å². The molecular weight excluding hydrogens is 352 g/mol.